The Kier molecular flexibility index (Phi) is 4.58. The number of aryl methyl sites for hydroxylation is 2. The summed E-state index contributed by atoms with van der Waals surface area (Å²) in [5.41, 5.74) is 3.29. The van der Waals surface area contributed by atoms with Crippen molar-refractivity contribution >= 4 is 5.69 Å². The van der Waals surface area contributed by atoms with Gasteiger partial charge < -0.3 is 14.5 Å². The van der Waals surface area contributed by atoms with Crippen LogP contribution in [0.3, 0.4) is 0 Å². The average Bonchev–Trinajstić information content (AvgIpc) is 2.74. The largest absolute Gasteiger partial charge is 0.444 e. The number of methoxy groups -OCH3 is 1. The van der Waals surface area contributed by atoms with Crippen LogP contribution >= 0.6 is 0 Å². The molecule has 19 heavy (non-hydrogen) atoms. The Labute approximate surface area is 113 Å². The highest BCUT2D eigenvalue weighted by atomic mass is 16.5. The fourth-order valence-electron chi connectivity index (χ4n) is 1.91. The van der Waals surface area contributed by atoms with Gasteiger partial charge in [0, 0.05) is 12.8 Å². The number of benzene rings is 1. The van der Waals surface area contributed by atoms with Crippen molar-refractivity contribution in [2.75, 3.05) is 19.0 Å². The monoisotopic (exact) mass is 260 g/mol. The molecule has 0 saturated carbocycles. The van der Waals surface area contributed by atoms with Gasteiger partial charge in [-0.05, 0) is 31.9 Å². The maximum Gasteiger partial charge on any atom is 0.213 e. The minimum Gasteiger partial charge on any atom is -0.444 e. The molecule has 0 aliphatic heterocycles. The fourth-order valence-corrected chi connectivity index (χ4v) is 1.91. The van der Waals surface area contributed by atoms with Crippen molar-refractivity contribution < 1.29 is 9.15 Å². The van der Waals surface area contributed by atoms with E-state index in [0.717, 1.165) is 36.1 Å². The van der Waals surface area contributed by atoms with Crippen LogP contribution in [-0.2, 0) is 17.7 Å². The van der Waals surface area contributed by atoms with E-state index < -0.39 is 0 Å². The van der Waals surface area contributed by atoms with E-state index in [9.17, 15) is 0 Å². The first kappa shape index (κ1) is 13.6. The molecule has 2 aromatic rings. The zero-order valence-electron chi connectivity index (χ0n) is 11.7. The summed E-state index contributed by atoms with van der Waals surface area (Å²) >= 11 is 0. The molecule has 1 N–H and O–H groups in total. The van der Waals surface area contributed by atoms with Gasteiger partial charge in [-0.15, -0.1) is 0 Å². The summed E-state index contributed by atoms with van der Waals surface area (Å²) in [6.45, 7) is 5.20. The molecular formula is C15H20N2O2. The summed E-state index contributed by atoms with van der Waals surface area (Å²) in [7, 11) is 1.72. The highest BCUT2D eigenvalue weighted by Crippen LogP contribution is 2.17. The van der Waals surface area contributed by atoms with Gasteiger partial charge in [-0.25, -0.2) is 4.98 Å². The Morgan fingerprint density at radius 2 is 2.05 bits per heavy atom. The van der Waals surface area contributed by atoms with Crippen LogP contribution in [0.25, 0.3) is 0 Å². The number of ether oxygens (including phenoxy) is 1. The summed E-state index contributed by atoms with van der Waals surface area (Å²) in [4.78, 5) is 4.36. The lowest BCUT2D eigenvalue weighted by Gasteiger charge is -2.10. The minimum absolute atomic E-state index is 0.596. The van der Waals surface area contributed by atoms with Gasteiger partial charge in [0.2, 0.25) is 5.89 Å². The Hall–Kier alpha value is -1.81. The predicted octanol–water partition coefficient (Wildman–Crippen LogP) is 3.09. The second-order valence-electron chi connectivity index (χ2n) is 4.50. The van der Waals surface area contributed by atoms with Crippen molar-refractivity contribution in [3.05, 3.63) is 47.2 Å². The van der Waals surface area contributed by atoms with Gasteiger partial charge in [0.05, 0.1) is 18.8 Å². The van der Waals surface area contributed by atoms with Gasteiger partial charge in [0.15, 0.2) is 0 Å². The molecule has 1 aromatic carbocycles. The molecule has 0 spiro atoms. The molecule has 0 saturated heterocycles. The molecule has 0 aliphatic rings. The van der Waals surface area contributed by atoms with E-state index >= 15 is 0 Å². The average molecular weight is 260 g/mol. The number of nitrogens with one attached hydrogen (secondary N) is 1. The molecule has 0 atom stereocenters. The van der Waals surface area contributed by atoms with Crippen molar-refractivity contribution in [2.45, 2.75) is 26.8 Å². The Bertz CT molecular complexity index is 515. The van der Waals surface area contributed by atoms with E-state index in [1.807, 2.05) is 26.0 Å². The van der Waals surface area contributed by atoms with E-state index in [1.165, 1.54) is 5.56 Å². The lowest BCUT2D eigenvalue weighted by Crippen LogP contribution is -2.04. The molecule has 2 rings (SSSR count). The smallest absolute Gasteiger partial charge is 0.213 e. The molecule has 4 nitrogen and oxygen atoms in total. The molecular weight excluding hydrogens is 240 g/mol. The summed E-state index contributed by atoms with van der Waals surface area (Å²) in [6.07, 6.45) is 0.892. The first-order valence-corrected chi connectivity index (χ1v) is 6.44. The van der Waals surface area contributed by atoms with Crippen LogP contribution in [-0.4, -0.2) is 18.7 Å². The van der Waals surface area contributed by atoms with Gasteiger partial charge in [-0.3, -0.25) is 0 Å². The number of nitrogens with zero attached hydrogens (tertiary/aromatic N) is 1. The van der Waals surface area contributed by atoms with Crippen LogP contribution in [0.1, 0.15) is 22.9 Å². The number of hydrogen-bond donors (Lipinski definition) is 1. The molecule has 0 unspecified atom stereocenters. The minimum atomic E-state index is 0.596. The normalized spacial score (nSPS) is 10.7. The lowest BCUT2D eigenvalue weighted by atomic mass is 10.1. The predicted molar refractivity (Wildman–Crippen MR) is 75.3 cm³/mol. The molecule has 0 radical (unpaired) electrons. The van der Waals surface area contributed by atoms with E-state index in [-0.39, 0.29) is 0 Å². The molecule has 0 bridgehead atoms. The lowest BCUT2D eigenvalue weighted by molar-refractivity contribution is 0.202. The molecule has 0 fully saturated rings. The maximum absolute atomic E-state index is 5.56. The third-order valence-electron chi connectivity index (χ3n) is 3.10. The zero-order chi connectivity index (χ0) is 13.7. The third kappa shape index (κ3) is 3.58. The van der Waals surface area contributed by atoms with Gasteiger partial charge in [0.25, 0.3) is 0 Å². The highest BCUT2D eigenvalue weighted by Gasteiger charge is 2.06. The highest BCUT2D eigenvalue weighted by molar-refractivity contribution is 5.51. The topological polar surface area (TPSA) is 47.3 Å². The number of oxazole rings is 1. The maximum atomic E-state index is 5.56. The van der Waals surface area contributed by atoms with Crippen LogP contribution < -0.4 is 5.32 Å². The standard InChI is InChI=1S/C15H20N2O2/c1-11-12(2)19-15(17-11)10-16-14-7-5-4-6-13(14)8-9-18-3/h4-7,16H,8-10H2,1-3H3. The van der Waals surface area contributed by atoms with Gasteiger partial charge in [0.1, 0.15) is 5.76 Å². The third-order valence-corrected chi connectivity index (χ3v) is 3.10. The first-order valence-electron chi connectivity index (χ1n) is 6.44. The first-order chi connectivity index (χ1) is 9.20. The van der Waals surface area contributed by atoms with E-state index in [4.69, 9.17) is 9.15 Å². The number of para-hydroxylation sites is 1. The number of aromatic nitrogens is 1. The Morgan fingerprint density at radius 3 is 2.74 bits per heavy atom. The number of rotatable bonds is 6. The van der Waals surface area contributed by atoms with E-state index in [1.54, 1.807) is 7.11 Å². The summed E-state index contributed by atoms with van der Waals surface area (Å²) in [5, 5.41) is 3.37. The van der Waals surface area contributed by atoms with Crippen LogP contribution in [0.4, 0.5) is 5.69 Å². The van der Waals surface area contributed by atoms with Crippen molar-refractivity contribution in [1.82, 2.24) is 4.98 Å². The Balaban J connectivity index is 2.02. The second kappa shape index (κ2) is 6.38. The Morgan fingerprint density at radius 1 is 1.26 bits per heavy atom. The van der Waals surface area contributed by atoms with Crippen molar-refractivity contribution in [3.8, 4) is 0 Å². The van der Waals surface area contributed by atoms with Crippen LogP contribution in [0.2, 0.25) is 0 Å². The van der Waals surface area contributed by atoms with E-state index in [0.29, 0.717) is 6.54 Å². The summed E-state index contributed by atoms with van der Waals surface area (Å²) in [5.74, 6) is 1.60. The van der Waals surface area contributed by atoms with Crippen LogP contribution in [0, 0.1) is 13.8 Å². The van der Waals surface area contributed by atoms with Crippen LogP contribution in [0.15, 0.2) is 28.7 Å². The summed E-state index contributed by atoms with van der Waals surface area (Å²) < 4.78 is 10.7. The second-order valence-corrected chi connectivity index (χ2v) is 4.50. The van der Waals surface area contributed by atoms with Gasteiger partial charge in [-0.1, -0.05) is 18.2 Å². The number of anilines is 1. The summed E-state index contributed by atoms with van der Waals surface area (Å²) in [6, 6.07) is 8.22. The van der Waals surface area contributed by atoms with Crippen molar-refractivity contribution in [2.24, 2.45) is 0 Å². The molecule has 1 heterocycles. The SMILES string of the molecule is COCCc1ccccc1NCc1nc(C)c(C)o1. The van der Waals surface area contributed by atoms with Crippen molar-refractivity contribution in [3.63, 3.8) is 0 Å². The van der Waals surface area contributed by atoms with E-state index in [2.05, 4.69) is 22.4 Å². The molecule has 0 amide bonds. The fraction of sp³-hybridized carbons (Fsp3) is 0.400. The van der Waals surface area contributed by atoms with Gasteiger partial charge in [-0.2, -0.15) is 0 Å². The van der Waals surface area contributed by atoms with Crippen LogP contribution in [0.5, 0.6) is 0 Å². The molecule has 1 aromatic heterocycles. The quantitative estimate of drug-likeness (QED) is 0.867. The zero-order valence-corrected chi connectivity index (χ0v) is 11.7. The number of hydrogen-bond acceptors (Lipinski definition) is 4. The molecule has 102 valence electrons. The molecule has 0 aliphatic carbocycles. The van der Waals surface area contributed by atoms with Crippen molar-refractivity contribution in [1.29, 1.82) is 0 Å². The van der Waals surface area contributed by atoms with Gasteiger partial charge >= 0.3 is 0 Å². The molecule has 4 heteroatoms.